The predicted octanol–water partition coefficient (Wildman–Crippen LogP) is 4.07. The second-order valence-electron chi connectivity index (χ2n) is 2.86. The smallest absolute Gasteiger partial charge is 0.142 e. The molecule has 1 heterocycles. The summed E-state index contributed by atoms with van der Waals surface area (Å²) in [7, 11) is 0. The van der Waals surface area contributed by atoms with Crippen molar-refractivity contribution in [2.24, 2.45) is 0 Å². The lowest BCUT2D eigenvalue weighted by molar-refractivity contribution is 1.32. The van der Waals surface area contributed by atoms with E-state index in [4.69, 9.17) is 40.1 Å². The molecule has 2 rings (SSSR count). The monoisotopic (exact) mass is 256 g/mol. The molecule has 0 radical (unpaired) electrons. The molecule has 0 unspecified atom stereocenters. The van der Waals surface area contributed by atoms with Gasteiger partial charge in [0, 0.05) is 5.39 Å². The number of halogens is 3. The van der Waals surface area contributed by atoms with Gasteiger partial charge in [-0.15, -0.1) is 0 Å². The summed E-state index contributed by atoms with van der Waals surface area (Å²) < 4.78 is 0. The van der Waals surface area contributed by atoms with Crippen LogP contribution in [0.4, 0.5) is 0 Å². The maximum absolute atomic E-state index is 8.73. The summed E-state index contributed by atoms with van der Waals surface area (Å²) in [4.78, 5) is 4.05. The second kappa shape index (κ2) is 3.86. The molecule has 5 heteroatoms. The van der Waals surface area contributed by atoms with Gasteiger partial charge < -0.3 is 0 Å². The molecular weight excluding hydrogens is 254 g/mol. The van der Waals surface area contributed by atoms with E-state index >= 15 is 0 Å². The molecule has 2 aromatic rings. The van der Waals surface area contributed by atoms with Gasteiger partial charge in [0.15, 0.2) is 0 Å². The zero-order valence-corrected chi connectivity index (χ0v) is 9.53. The zero-order valence-electron chi connectivity index (χ0n) is 7.26. The van der Waals surface area contributed by atoms with Gasteiger partial charge in [0.05, 0.1) is 20.6 Å². The fourth-order valence-electron chi connectivity index (χ4n) is 1.25. The van der Waals surface area contributed by atoms with Gasteiger partial charge >= 0.3 is 0 Å². The first kappa shape index (κ1) is 10.5. The Bertz CT molecular complexity index is 587. The average Bonchev–Trinajstić information content (AvgIpc) is 2.23. The van der Waals surface area contributed by atoms with Gasteiger partial charge in [0.25, 0.3) is 0 Å². The molecule has 0 spiro atoms. The second-order valence-corrected chi connectivity index (χ2v) is 4.05. The lowest BCUT2D eigenvalue weighted by atomic mass is 10.2. The Balaban J connectivity index is 2.94. The molecule has 0 saturated carbocycles. The average molecular weight is 258 g/mol. The number of fused-ring (bicyclic) bond motifs is 1. The number of nitrogens with zero attached hydrogens (tertiary/aromatic N) is 2. The molecule has 15 heavy (non-hydrogen) atoms. The summed E-state index contributed by atoms with van der Waals surface area (Å²) in [5.74, 6) is 0. The van der Waals surface area contributed by atoms with Crippen LogP contribution in [-0.4, -0.2) is 4.98 Å². The first-order valence-corrected chi connectivity index (χ1v) is 5.11. The maximum atomic E-state index is 8.73. The molecule has 0 fully saturated rings. The third-order valence-corrected chi connectivity index (χ3v) is 3.04. The van der Waals surface area contributed by atoms with Crippen LogP contribution in [0.5, 0.6) is 0 Å². The van der Waals surface area contributed by atoms with Crippen molar-refractivity contribution in [3.8, 4) is 6.07 Å². The third kappa shape index (κ3) is 1.74. The van der Waals surface area contributed by atoms with Crippen LogP contribution in [0.3, 0.4) is 0 Å². The fourth-order valence-corrected chi connectivity index (χ4v) is 1.87. The molecule has 0 saturated heterocycles. The number of nitriles is 1. The summed E-state index contributed by atoms with van der Waals surface area (Å²) in [6.45, 7) is 0. The minimum atomic E-state index is 0.219. The number of pyridine rings is 1. The predicted molar refractivity (Wildman–Crippen MR) is 61.5 cm³/mol. The van der Waals surface area contributed by atoms with Gasteiger partial charge in [-0.1, -0.05) is 34.8 Å². The molecule has 74 valence electrons. The zero-order chi connectivity index (χ0) is 11.0. The molecule has 0 atom stereocenters. The molecular formula is C10H3Cl3N2. The van der Waals surface area contributed by atoms with Crippen molar-refractivity contribution >= 4 is 45.7 Å². The Kier molecular flexibility index (Phi) is 2.70. The van der Waals surface area contributed by atoms with Crippen LogP contribution < -0.4 is 0 Å². The van der Waals surface area contributed by atoms with E-state index in [0.717, 1.165) is 0 Å². The van der Waals surface area contributed by atoms with Crippen molar-refractivity contribution in [3.63, 3.8) is 0 Å². The Morgan fingerprint density at radius 1 is 1.13 bits per heavy atom. The molecule has 0 bridgehead atoms. The Hall–Kier alpha value is -1.01. The van der Waals surface area contributed by atoms with Crippen LogP contribution in [0.2, 0.25) is 15.1 Å². The van der Waals surface area contributed by atoms with E-state index in [1.54, 1.807) is 12.1 Å². The largest absolute Gasteiger partial charge is 0.235 e. The molecule has 0 N–H and O–H groups in total. The van der Waals surface area contributed by atoms with Crippen LogP contribution in [0.25, 0.3) is 10.9 Å². The van der Waals surface area contributed by atoms with Crippen LogP contribution >= 0.6 is 34.8 Å². The summed E-state index contributed by atoms with van der Waals surface area (Å²) in [6, 6.07) is 6.77. The minimum absolute atomic E-state index is 0.219. The summed E-state index contributed by atoms with van der Waals surface area (Å²) >= 11 is 17.8. The van der Waals surface area contributed by atoms with Gasteiger partial charge in [-0.05, 0) is 18.2 Å². The number of hydrogen-bond acceptors (Lipinski definition) is 2. The minimum Gasteiger partial charge on any atom is -0.235 e. The molecule has 0 aliphatic carbocycles. The van der Waals surface area contributed by atoms with E-state index in [-0.39, 0.29) is 5.69 Å². The van der Waals surface area contributed by atoms with Gasteiger partial charge in [0.2, 0.25) is 0 Å². The lowest BCUT2D eigenvalue weighted by Gasteiger charge is -2.03. The maximum Gasteiger partial charge on any atom is 0.142 e. The fraction of sp³-hybridized carbons (Fsp3) is 0. The summed E-state index contributed by atoms with van der Waals surface area (Å²) in [6.07, 6.45) is 0. The van der Waals surface area contributed by atoms with Crippen molar-refractivity contribution in [1.82, 2.24) is 4.98 Å². The van der Waals surface area contributed by atoms with Gasteiger partial charge in [0.1, 0.15) is 11.8 Å². The van der Waals surface area contributed by atoms with Crippen molar-refractivity contribution < 1.29 is 0 Å². The van der Waals surface area contributed by atoms with E-state index in [2.05, 4.69) is 4.98 Å². The van der Waals surface area contributed by atoms with Crippen LogP contribution in [0, 0.1) is 11.3 Å². The van der Waals surface area contributed by atoms with Crippen LogP contribution in [-0.2, 0) is 0 Å². The van der Waals surface area contributed by atoms with E-state index in [1.807, 2.05) is 6.07 Å². The van der Waals surface area contributed by atoms with Gasteiger partial charge in [-0.25, -0.2) is 4.98 Å². The van der Waals surface area contributed by atoms with E-state index < -0.39 is 0 Å². The highest BCUT2D eigenvalue weighted by Gasteiger charge is 2.09. The highest BCUT2D eigenvalue weighted by atomic mass is 35.5. The number of benzene rings is 1. The van der Waals surface area contributed by atoms with E-state index in [0.29, 0.717) is 26.0 Å². The van der Waals surface area contributed by atoms with Crippen LogP contribution in [0.1, 0.15) is 5.69 Å². The van der Waals surface area contributed by atoms with Crippen molar-refractivity contribution in [1.29, 1.82) is 5.26 Å². The normalized spacial score (nSPS) is 10.3. The summed E-state index contributed by atoms with van der Waals surface area (Å²) in [5, 5.41) is 10.6. The first-order chi connectivity index (χ1) is 7.13. The Morgan fingerprint density at radius 2 is 1.87 bits per heavy atom. The van der Waals surface area contributed by atoms with Crippen molar-refractivity contribution in [2.75, 3.05) is 0 Å². The molecule has 0 aliphatic heterocycles. The van der Waals surface area contributed by atoms with Crippen LogP contribution in [0.15, 0.2) is 18.2 Å². The topological polar surface area (TPSA) is 36.7 Å². The number of rotatable bonds is 0. The van der Waals surface area contributed by atoms with Crippen molar-refractivity contribution in [2.45, 2.75) is 0 Å². The van der Waals surface area contributed by atoms with Crippen molar-refractivity contribution in [3.05, 3.63) is 39.0 Å². The van der Waals surface area contributed by atoms with E-state index in [9.17, 15) is 0 Å². The molecule has 2 nitrogen and oxygen atoms in total. The van der Waals surface area contributed by atoms with Gasteiger partial charge in [-0.3, -0.25) is 0 Å². The first-order valence-electron chi connectivity index (χ1n) is 3.98. The third-order valence-electron chi connectivity index (χ3n) is 1.94. The molecule has 1 aromatic carbocycles. The molecule has 0 amide bonds. The van der Waals surface area contributed by atoms with Gasteiger partial charge in [-0.2, -0.15) is 5.26 Å². The quantitative estimate of drug-likeness (QED) is 0.713. The Morgan fingerprint density at radius 3 is 2.53 bits per heavy atom. The number of aromatic nitrogens is 1. The summed E-state index contributed by atoms with van der Waals surface area (Å²) in [5.41, 5.74) is 0.671. The SMILES string of the molecule is N#Cc1cc(Cl)c2ccc(Cl)c(Cl)c2n1. The Labute approximate surface area is 101 Å². The highest BCUT2D eigenvalue weighted by molar-refractivity contribution is 6.46. The number of hydrogen-bond donors (Lipinski definition) is 0. The highest BCUT2D eigenvalue weighted by Crippen LogP contribution is 2.33. The molecule has 0 aliphatic rings. The van der Waals surface area contributed by atoms with E-state index in [1.165, 1.54) is 6.07 Å². The standard InChI is InChI=1S/C10H3Cl3N2/c11-7-2-1-6-8(12)3-5(4-14)15-10(6)9(7)13/h1-3H. The lowest BCUT2D eigenvalue weighted by Crippen LogP contribution is -1.87. The molecule has 1 aromatic heterocycles.